The minimum atomic E-state index is -0.126. The van der Waals surface area contributed by atoms with Gasteiger partial charge in [0.15, 0.2) is 0 Å². The number of aromatic nitrogens is 4. The first kappa shape index (κ1) is 23.2. The standard InChI is InChI=1S/C22H22ClN5O.CH3NO/c1-13-5-21(24)27-14(2)19(13)8-18-10-26-22(12-29)28(18)11-15-3-4-20-16(6-15)7-17(23)9-25-20;2-1-3/h3-7,9-10,29H,8,11-12H2,1-2H3,(H2,24,27);1H,(H2,2,3). The molecule has 5 N–H and O–H groups in total. The van der Waals surface area contributed by atoms with Gasteiger partial charge in [0.05, 0.1) is 10.5 Å². The molecule has 9 heteroatoms. The molecule has 0 saturated heterocycles. The van der Waals surface area contributed by atoms with Crippen molar-refractivity contribution in [3.05, 3.63) is 81.7 Å². The lowest BCUT2D eigenvalue weighted by molar-refractivity contribution is -0.106. The highest BCUT2D eigenvalue weighted by molar-refractivity contribution is 6.31. The number of carbonyl (C=O) groups is 1. The predicted molar refractivity (Wildman–Crippen MR) is 125 cm³/mol. The molecule has 0 saturated carbocycles. The number of amides is 1. The summed E-state index contributed by atoms with van der Waals surface area (Å²) in [7, 11) is 0. The van der Waals surface area contributed by atoms with Gasteiger partial charge in [0, 0.05) is 42.1 Å². The number of aryl methyl sites for hydroxylation is 2. The van der Waals surface area contributed by atoms with E-state index in [2.05, 4.69) is 26.8 Å². The van der Waals surface area contributed by atoms with Crippen LogP contribution in [0.5, 0.6) is 0 Å². The zero-order valence-electron chi connectivity index (χ0n) is 17.9. The van der Waals surface area contributed by atoms with E-state index in [-0.39, 0.29) is 13.0 Å². The molecule has 0 aliphatic heterocycles. The molecule has 32 heavy (non-hydrogen) atoms. The van der Waals surface area contributed by atoms with E-state index in [0.29, 0.717) is 29.6 Å². The molecule has 0 fully saturated rings. The van der Waals surface area contributed by atoms with Gasteiger partial charge < -0.3 is 21.1 Å². The van der Waals surface area contributed by atoms with Crippen LogP contribution in [0, 0.1) is 13.8 Å². The molecule has 3 aromatic heterocycles. The van der Waals surface area contributed by atoms with Crippen LogP contribution in [0.15, 0.2) is 42.7 Å². The lowest BCUT2D eigenvalue weighted by atomic mass is 10.0. The van der Waals surface area contributed by atoms with E-state index in [0.717, 1.165) is 39.0 Å². The Hall–Kier alpha value is -3.49. The number of nitrogen functional groups attached to an aromatic ring is 1. The normalized spacial score (nSPS) is 10.6. The van der Waals surface area contributed by atoms with Gasteiger partial charge in [0.25, 0.3) is 0 Å². The molecular weight excluding hydrogens is 428 g/mol. The van der Waals surface area contributed by atoms with Gasteiger partial charge >= 0.3 is 0 Å². The maximum atomic E-state index is 9.79. The fraction of sp³-hybridized carbons (Fsp3) is 0.217. The summed E-state index contributed by atoms with van der Waals surface area (Å²) in [5, 5.41) is 11.4. The van der Waals surface area contributed by atoms with E-state index in [1.807, 2.05) is 48.9 Å². The number of nitrogens with two attached hydrogens (primary N) is 2. The van der Waals surface area contributed by atoms with Gasteiger partial charge in [-0.05, 0) is 54.8 Å². The summed E-state index contributed by atoms with van der Waals surface area (Å²) in [5.41, 5.74) is 16.1. The molecule has 0 aliphatic carbocycles. The number of anilines is 1. The maximum Gasteiger partial charge on any atom is 0.204 e. The van der Waals surface area contributed by atoms with Crippen molar-refractivity contribution >= 4 is 34.7 Å². The van der Waals surface area contributed by atoms with Crippen molar-refractivity contribution in [2.75, 3.05) is 5.73 Å². The van der Waals surface area contributed by atoms with Gasteiger partial charge in [-0.15, -0.1) is 0 Å². The molecule has 0 unspecified atom stereocenters. The van der Waals surface area contributed by atoms with Gasteiger partial charge in [-0.1, -0.05) is 17.7 Å². The summed E-state index contributed by atoms with van der Waals surface area (Å²) in [5.74, 6) is 1.15. The van der Waals surface area contributed by atoms with Crippen molar-refractivity contribution in [2.24, 2.45) is 5.73 Å². The molecule has 0 spiro atoms. The smallest absolute Gasteiger partial charge is 0.204 e. The van der Waals surface area contributed by atoms with E-state index in [1.165, 1.54) is 0 Å². The highest BCUT2D eigenvalue weighted by Gasteiger charge is 2.14. The Kier molecular flexibility index (Phi) is 7.40. The Morgan fingerprint density at radius 2 is 1.91 bits per heavy atom. The lowest BCUT2D eigenvalue weighted by Gasteiger charge is -2.14. The fourth-order valence-corrected chi connectivity index (χ4v) is 3.85. The van der Waals surface area contributed by atoms with Crippen molar-refractivity contribution in [1.82, 2.24) is 19.5 Å². The van der Waals surface area contributed by atoms with Crippen molar-refractivity contribution in [3.63, 3.8) is 0 Å². The third-order valence-electron chi connectivity index (χ3n) is 5.15. The second kappa shape index (κ2) is 10.2. The predicted octanol–water partition coefficient (Wildman–Crippen LogP) is 2.91. The fourth-order valence-electron chi connectivity index (χ4n) is 3.69. The van der Waals surface area contributed by atoms with Crippen molar-refractivity contribution in [3.8, 4) is 0 Å². The average molecular weight is 453 g/mol. The number of primary amides is 1. The Morgan fingerprint density at radius 1 is 1.16 bits per heavy atom. The van der Waals surface area contributed by atoms with Crippen LogP contribution in [-0.2, 0) is 24.4 Å². The second-order valence-corrected chi connectivity index (χ2v) is 7.77. The number of benzene rings is 1. The number of halogens is 1. The quantitative estimate of drug-likeness (QED) is 0.399. The van der Waals surface area contributed by atoms with Gasteiger partial charge in [-0.25, -0.2) is 9.97 Å². The number of rotatable bonds is 5. The molecule has 4 aromatic rings. The molecule has 166 valence electrons. The number of hydrogen-bond acceptors (Lipinski definition) is 6. The molecule has 0 bridgehead atoms. The summed E-state index contributed by atoms with van der Waals surface area (Å²) < 4.78 is 2.05. The van der Waals surface area contributed by atoms with Crippen LogP contribution in [0.2, 0.25) is 5.02 Å². The molecule has 0 aliphatic rings. The molecule has 4 rings (SSSR count). The number of imidazole rings is 1. The van der Waals surface area contributed by atoms with Crippen molar-refractivity contribution < 1.29 is 9.90 Å². The number of hydrogen-bond donors (Lipinski definition) is 3. The maximum absolute atomic E-state index is 9.79. The Bertz CT molecular complexity index is 1230. The summed E-state index contributed by atoms with van der Waals surface area (Å²) in [4.78, 5) is 21.7. The largest absolute Gasteiger partial charge is 0.388 e. The average Bonchev–Trinajstić information content (AvgIpc) is 3.12. The van der Waals surface area contributed by atoms with E-state index >= 15 is 0 Å². The van der Waals surface area contributed by atoms with Gasteiger partial charge in [-0.3, -0.25) is 9.78 Å². The Balaban J connectivity index is 0.000000913. The number of pyridine rings is 2. The lowest BCUT2D eigenvalue weighted by Crippen LogP contribution is -2.11. The zero-order valence-corrected chi connectivity index (χ0v) is 18.7. The van der Waals surface area contributed by atoms with Gasteiger partial charge in [-0.2, -0.15) is 0 Å². The molecule has 1 amide bonds. The highest BCUT2D eigenvalue weighted by Crippen LogP contribution is 2.22. The summed E-state index contributed by atoms with van der Waals surface area (Å²) in [6, 6.07) is 9.88. The van der Waals surface area contributed by atoms with E-state index in [1.54, 1.807) is 6.20 Å². The SMILES string of the molecule is Cc1cc(N)nc(C)c1Cc1cnc(CO)n1Cc1ccc2ncc(Cl)cc2c1.NC=O. The monoisotopic (exact) mass is 452 g/mol. The molecule has 8 nitrogen and oxygen atoms in total. The Morgan fingerprint density at radius 3 is 2.59 bits per heavy atom. The molecular formula is C23H25ClN6O2. The van der Waals surface area contributed by atoms with Crippen LogP contribution >= 0.6 is 11.6 Å². The molecule has 1 aromatic carbocycles. The first-order chi connectivity index (χ1) is 15.4. The number of nitrogens with zero attached hydrogens (tertiary/aromatic N) is 4. The van der Waals surface area contributed by atoms with Crippen molar-refractivity contribution in [1.29, 1.82) is 0 Å². The number of fused-ring (bicyclic) bond motifs is 1. The van der Waals surface area contributed by atoms with Crippen LogP contribution in [0.1, 0.15) is 33.9 Å². The second-order valence-electron chi connectivity index (χ2n) is 7.33. The van der Waals surface area contributed by atoms with Crippen LogP contribution < -0.4 is 11.5 Å². The molecule has 0 radical (unpaired) electrons. The highest BCUT2D eigenvalue weighted by atomic mass is 35.5. The third-order valence-corrected chi connectivity index (χ3v) is 5.35. The van der Waals surface area contributed by atoms with E-state index in [4.69, 9.17) is 22.1 Å². The van der Waals surface area contributed by atoms with Gasteiger partial charge in [0.1, 0.15) is 18.2 Å². The third kappa shape index (κ3) is 5.22. The van der Waals surface area contributed by atoms with Crippen molar-refractivity contribution in [2.45, 2.75) is 33.4 Å². The topological polar surface area (TPSA) is 133 Å². The minimum Gasteiger partial charge on any atom is -0.388 e. The van der Waals surface area contributed by atoms with Crippen LogP contribution in [0.3, 0.4) is 0 Å². The zero-order chi connectivity index (χ0) is 23.3. The summed E-state index contributed by atoms with van der Waals surface area (Å²) in [6.07, 6.45) is 4.38. The first-order valence-corrected chi connectivity index (χ1v) is 10.3. The molecule has 3 heterocycles. The number of aliphatic hydroxyl groups excluding tert-OH is 1. The minimum absolute atomic E-state index is 0.126. The summed E-state index contributed by atoms with van der Waals surface area (Å²) >= 11 is 6.09. The van der Waals surface area contributed by atoms with Crippen LogP contribution in [-0.4, -0.2) is 31.0 Å². The van der Waals surface area contributed by atoms with Crippen LogP contribution in [0.4, 0.5) is 5.82 Å². The molecule has 0 atom stereocenters. The number of aliphatic hydroxyl groups is 1. The summed E-state index contributed by atoms with van der Waals surface area (Å²) in [6.45, 7) is 4.47. The van der Waals surface area contributed by atoms with Crippen LogP contribution in [0.25, 0.3) is 10.9 Å². The first-order valence-electron chi connectivity index (χ1n) is 9.92. The Labute approximate surface area is 190 Å². The number of carbonyl (C=O) groups excluding carboxylic acids is 1. The van der Waals surface area contributed by atoms with E-state index in [9.17, 15) is 5.11 Å². The van der Waals surface area contributed by atoms with Gasteiger partial charge in [0.2, 0.25) is 6.41 Å². The van der Waals surface area contributed by atoms with E-state index < -0.39 is 0 Å².